The second kappa shape index (κ2) is 6.24. The highest BCUT2D eigenvalue weighted by Crippen LogP contribution is 2.27. The van der Waals surface area contributed by atoms with Crippen LogP contribution in [0, 0.1) is 0 Å². The van der Waals surface area contributed by atoms with Crippen LogP contribution < -0.4 is 5.32 Å². The topological polar surface area (TPSA) is 37.8 Å². The Balaban J connectivity index is 2.37. The molecule has 0 aliphatic rings. The van der Waals surface area contributed by atoms with Gasteiger partial charge in [-0.3, -0.25) is 0 Å². The van der Waals surface area contributed by atoms with Crippen LogP contribution in [0.1, 0.15) is 5.56 Å². The molecule has 6 heteroatoms. The summed E-state index contributed by atoms with van der Waals surface area (Å²) in [7, 11) is 0. The third kappa shape index (κ3) is 3.60. The van der Waals surface area contributed by atoms with Gasteiger partial charge < -0.3 is 5.32 Å². The summed E-state index contributed by atoms with van der Waals surface area (Å²) in [6, 6.07) is 7.23. The first-order valence-electron chi connectivity index (χ1n) is 5.45. The lowest BCUT2D eigenvalue weighted by Gasteiger charge is -2.11. The van der Waals surface area contributed by atoms with Crippen LogP contribution in [0.15, 0.2) is 36.9 Å². The number of nitrogens with zero attached hydrogens (tertiary/aromatic N) is 2. The van der Waals surface area contributed by atoms with E-state index in [0.717, 1.165) is 11.3 Å². The third-order valence-corrected chi connectivity index (χ3v) is 3.12. The maximum Gasteiger partial charge on any atom is 0.225 e. The Labute approximate surface area is 126 Å². The molecule has 0 fully saturated rings. The summed E-state index contributed by atoms with van der Waals surface area (Å²) in [6.45, 7) is 3.69. The molecule has 1 heterocycles. The molecule has 3 nitrogen and oxygen atoms in total. The van der Waals surface area contributed by atoms with Gasteiger partial charge in [0.1, 0.15) is 11.0 Å². The van der Waals surface area contributed by atoms with Crippen molar-refractivity contribution in [3.8, 4) is 0 Å². The first-order valence-corrected chi connectivity index (χ1v) is 6.59. The van der Waals surface area contributed by atoms with Crippen LogP contribution >= 0.6 is 34.8 Å². The van der Waals surface area contributed by atoms with Crippen molar-refractivity contribution in [3.63, 3.8) is 0 Å². The molecule has 1 N–H and O–H groups in total. The fourth-order valence-electron chi connectivity index (χ4n) is 1.53. The summed E-state index contributed by atoms with van der Waals surface area (Å²) in [4.78, 5) is 8.07. The molecule has 0 spiro atoms. The molecular formula is C13H10Cl3N3. The summed E-state index contributed by atoms with van der Waals surface area (Å²) in [5, 5.41) is 4.21. The van der Waals surface area contributed by atoms with Crippen molar-refractivity contribution in [3.05, 3.63) is 57.9 Å². The Kier molecular flexibility index (Phi) is 4.64. The normalized spacial score (nSPS) is 10.3. The minimum absolute atomic E-state index is 0.0919. The predicted octanol–water partition coefficient (Wildman–Crippen LogP) is 4.91. The van der Waals surface area contributed by atoms with E-state index in [-0.39, 0.29) is 5.28 Å². The summed E-state index contributed by atoms with van der Waals surface area (Å²) in [6.07, 6.45) is 2.28. The fourth-order valence-corrected chi connectivity index (χ4v) is 2.11. The lowest BCUT2D eigenvalue weighted by molar-refractivity contribution is 1.10. The zero-order valence-electron chi connectivity index (χ0n) is 9.83. The van der Waals surface area contributed by atoms with E-state index >= 15 is 0 Å². The number of allylic oxidation sites excluding steroid dienone is 1. The molecule has 1 aromatic carbocycles. The summed E-state index contributed by atoms with van der Waals surface area (Å²) in [5.41, 5.74) is 1.58. The third-order valence-electron chi connectivity index (χ3n) is 2.38. The van der Waals surface area contributed by atoms with Crippen LogP contribution in [0.25, 0.3) is 0 Å². The molecule has 0 radical (unpaired) electrons. The van der Waals surface area contributed by atoms with E-state index in [1.165, 1.54) is 0 Å². The standard InChI is InChI=1S/C13H10Cl3N3/c1-2-3-10-11(15)18-13(16)19-12(10)17-9-6-4-8(14)5-7-9/h2,4-7H,1,3H2,(H,17,18,19). The molecule has 0 amide bonds. The quantitative estimate of drug-likeness (QED) is 0.495. The van der Waals surface area contributed by atoms with Crippen molar-refractivity contribution in [2.75, 3.05) is 5.32 Å². The van der Waals surface area contributed by atoms with Gasteiger partial charge in [0.2, 0.25) is 5.28 Å². The number of aromatic nitrogens is 2. The van der Waals surface area contributed by atoms with Crippen LogP contribution in [0.5, 0.6) is 0 Å². The minimum Gasteiger partial charge on any atom is -0.340 e. The summed E-state index contributed by atoms with van der Waals surface area (Å²) < 4.78 is 0. The van der Waals surface area contributed by atoms with E-state index in [1.807, 2.05) is 12.1 Å². The SMILES string of the molecule is C=CCc1c(Cl)nc(Cl)nc1Nc1ccc(Cl)cc1. The van der Waals surface area contributed by atoms with Crippen LogP contribution in [0.4, 0.5) is 11.5 Å². The number of nitrogens with one attached hydrogen (secondary N) is 1. The largest absolute Gasteiger partial charge is 0.340 e. The Morgan fingerprint density at radius 2 is 1.79 bits per heavy atom. The van der Waals surface area contributed by atoms with Crippen molar-refractivity contribution in [2.45, 2.75) is 6.42 Å². The van der Waals surface area contributed by atoms with Crippen molar-refractivity contribution < 1.29 is 0 Å². The molecule has 2 rings (SSSR count). The van der Waals surface area contributed by atoms with Crippen molar-refractivity contribution in [1.29, 1.82) is 0 Å². The number of benzene rings is 1. The second-order valence-corrected chi connectivity index (χ2v) is 4.87. The maximum atomic E-state index is 6.06. The molecule has 0 aliphatic heterocycles. The van der Waals surface area contributed by atoms with E-state index in [4.69, 9.17) is 34.8 Å². The highest BCUT2D eigenvalue weighted by molar-refractivity contribution is 6.32. The maximum absolute atomic E-state index is 6.06. The highest BCUT2D eigenvalue weighted by Gasteiger charge is 2.11. The van der Waals surface area contributed by atoms with E-state index in [2.05, 4.69) is 21.9 Å². The molecular weight excluding hydrogens is 305 g/mol. The van der Waals surface area contributed by atoms with Crippen LogP contribution in [-0.4, -0.2) is 9.97 Å². The Morgan fingerprint density at radius 3 is 2.42 bits per heavy atom. The monoisotopic (exact) mass is 313 g/mol. The smallest absolute Gasteiger partial charge is 0.225 e. The molecule has 1 aromatic heterocycles. The van der Waals surface area contributed by atoms with Crippen LogP contribution in [0.3, 0.4) is 0 Å². The molecule has 98 valence electrons. The number of hydrogen-bond acceptors (Lipinski definition) is 3. The van der Waals surface area contributed by atoms with Gasteiger partial charge in [0, 0.05) is 16.3 Å². The van der Waals surface area contributed by atoms with Gasteiger partial charge in [-0.05, 0) is 42.3 Å². The van der Waals surface area contributed by atoms with E-state index < -0.39 is 0 Å². The number of rotatable bonds is 4. The summed E-state index contributed by atoms with van der Waals surface area (Å²) >= 11 is 17.7. The number of hydrogen-bond donors (Lipinski definition) is 1. The van der Waals surface area contributed by atoms with Crippen LogP contribution in [-0.2, 0) is 6.42 Å². The predicted molar refractivity (Wildman–Crippen MR) is 80.7 cm³/mol. The van der Waals surface area contributed by atoms with Gasteiger partial charge in [0.15, 0.2) is 0 Å². The Bertz CT molecular complexity index is 597. The van der Waals surface area contributed by atoms with Crippen molar-refractivity contribution in [2.24, 2.45) is 0 Å². The minimum atomic E-state index is 0.0919. The second-order valence-electron chi connectivity index (χ2n) is 3.74. The summed E-state index contributed by atoms with van der Waals surface area (Å²) in [5.74, 6) is 0.562. The van der Waals surface area contributed by atoms with E-state index in [9.17, 15) is 0 Å². The Hall–Kier alpha value is -1.29. The van der Waals surface area contributed by atoms with Gasteiger partial charge in [0.05, 0.1) is 0 Å². The molecule has 0 saturated heterocycles. The highest BCUT2D eigenvalue weighted by atomic mass is 35.5. The van der Waals surface area contributed by atoms with Gasteiger partial charge in [-0.25, -0.2) is 9.97 Å². The van der Waals surface area contributed by atoms with E-state index in [1.54, 1.807) is 18.2 Å². The van der Waals surface area contributed by atoms with Gasteiger partial charge in [-0.15, -0.1) is 6.58 Å². The first-order chi connectivity index (χ1) is 9.10. The van der Waals surface area contributed by atoms with Crippen LogP contribution in [0.2, 0.25) is 15.5 Å². The lowest BCUT2D eigenvalue weighted by Crippen LogP contribution is -2.02. The number of anilines is 2. The fraction of sp³-hybridized carbons (Fsp3) is 0.0769. The molecule has 19 heavy (non-hydrogen) atoms. The van der Waals surface area contributed by atoms with Gasteiger partial charge in [-0.2, -0.15) is 0 Å². The molecule has 0 saturated carbocycles. The molecule has 2 aromatic rings. The van der Waals surface area contributed by atoms with Gasteiger partial charge in [-0.1, -0.05) is 29.3 Å². The van der Waals surface area contributed by atoms with Crippen molar-refractivity contribution in [1.82, 2.24) is 9.97 Å². The molecule has 0 unspecified atom stereocenters. The zero-order chi connectivity index (χ0) is 13.8. The van der Waals surface area contributed by atoms with Crippen molar-refractivity contribution >= 4 is 46.3 Å². The molecule has 0 aliphatic carbocycles. The average Bonchev–Trinajstić information content (AvgIpc) is 2.36. The van der Waals surface area contributed by atoms with Gasteiger partial charge in [0.25, 0.3) is 0 Å². The molecule has 0 bridgehead atoms. The average molecular weight is 315 g/mol. The van der Waals surface area contributed by atoms with Gasteiger partial charge >= 0.3 is 0 Å². The zero-order valence-corrected chi connectivity index (χ0v) is 12.1. The van der Waals surface area contributed by atoms with E-state index in [0.29, 0.717) is 22.4 Å². The number of halogens is 3. The Morgan fingerprint density at radius 1 is 1.11 bits per heavy atom. The molecule has 0 atom stereocenters. The lowest BCUT2D eigenvalue weighted by atomic mass is 10.2. The first kappa shape index (κ1) is 14.1.